The topological polar surface area (TPSA) is 72.3 Å². The largest absolute Gasteiger partial charge is 0.493 e. The van der Waals surface area contributed by atoms with Crippen molar-refractivity contribution >= 4 is 17.6 Å². The van der Waals surface area contributed by atoms with Crippen molar-refractivity contribution in [3.05, 3.63) is 52.1 Å². The quantitative estimate of drug-likeness (QED) is 0.859. The molecule has 1 N–H and O–H groups in total. The molecule has 1 aromatic heterocycles. The predicted molar refractivity (Wildman–Crippen MR) is 79.1 cm³/mol. The van der Waals surface area contributed by atoms with Gasteiger partial charge in [0.1, 0.15) is 16.7 Å². The molecule has 110 valence electrons. The van der Waals surface area contributed by atoms with E-state index >= 15 is 0 Å². The van der Waals surface area contributed by atoms with Crippen LogP contribution in [0.3, 0.4) is 0 Å². The molecule has 0 saturated carbocycles. The van der Waals surface area contributed by atoms with Crippen LogP contribution in [0.25, 0.3) is 0 Å². The van der Waals surface area contributed by atoms with Crippen molar-refractivity contribution in [3.63, 3.8) is 0 Å². The Hall–Kier alpha value is -2.14. The van der Waals surface area contributed by atoms with Gasteiger partial charge in [-0.3, -0.25) is 0 Å². The van der Waals surface area contributed by atoms with Crippen molar-refractivity contribution in [3.8, 4) is 5.75 Å². The van der Waals surface area contributed by atoms with E-state index < -0.39 is 5.97 Å². The molecule has 1 aromatic carbocycles. The maximum absolute atomic E-state index is 10.9. The third-order valence-corrected chi connectivity index (χ3v) is 3.23. The summed E-state index contributed by atoms with van der Waals surface area (Å²) < 4.78 is 5.62. The molecule has 0 amide bonds. The maximum atomic E-state index is 10.9. The monoisotopic (exact) mass is 306 g/mol. The Bertz CT molecular complexity index is 674. The molecule has 0 saturated heterocycles. The molecule has 0 unspecified atom stereocenters. The normalized spacial score (nSPS) is 10.4. The zero-order valence-electron chi connectivity index (χ0n) is 11.8. The Morgan fingerprint density at radius 3 is 2.67 bits per heavy atom. The van der Waals surface area contributed by atoms with Gasteiger partial charge in [-0.2, -0.15) is 0 Å². The van der Waals surface area contributed by atoms with Crippen LogP contribution in [0.15, 0.2) is 24.3 Å². The van der Waals surface area contributed by atoms with E-state index in [-0.39, 0.29) is 10.8 Å². The molecular formula is C15H15ClN2O3. The van der Waals surface area contributed by atoms with Crippen molar-refractivity contribution in [2.45, 2.75) is 20.3 Å². The smallest absolute Gasteiger partial charge is 0.354 e. The zero-order chi connectivity index (χ0) is 15.4. The minimum Gasteiger partial charge on any atom is -0.493 e. The first kappa shape index (κ1) is 15.3. The Morgan fingerprint density at radius 1 is 1.24 bits per heavy atom. The predicted octanol–water partition coefficient (Wildman–Crippen LogP) is 3.07. The van der Waals surface area contributed by atoms with E-state index in [1.54, 1.807) is 0 Å². The van der Waals surface area contributed by atoms with Gasteiger partial charge in [0, 0.05) is 12.5 Å². The van der Waals surface area contributed by atoms with Crippen LogP contribution in [0, 0.1) is 13.8 Å². The number of benzene rings is 1. The zero-order valence-corrected chi connectivity index (χ0v) is 12.5. The first-order valence-corrected chi connectivity index (χ1v) is 6.80. The number of hydrogen-bond acceptors (Lipinski definition) is 4. The van der Waals surface area contributed by atoms with Crippen molar-refractivity contribution in [2.75, 3.05) is 6.61 Å². The molecule has 0 spiro atoms. The van der Waals surface area contributed by atoms with Gasteiger partial charge in [0.05, 0.1) is 6.61 Å². The molecule has 1 heterocycles. The minimum atomic E-state index is -1.13. The number of halogens is 1. The van der Waals surface area contributed by atoms with Crippen molar-refractivity contribution in [1.29, 1.82) is 0 Å². The van der Waals surface area contributed by atoms with Crippen LogP contribution in [0.1, 0.15) is 27.4 Å². The molecule has 6 heteroatoms. The fraction of sp³-hybridized carbons (Fsp3) is 0.267. The summed E-state index contributed by atoms with van der Waals surface area (Å²) >= 11 is 5.77. The Balaban J connectivity index is 2.00. The number of hydrogen-bond donors (Lipinski definition) is 1. The first-order valence-electron chi connectivity index (χ1n) is 6.42. The molecule has 2 aromatic rings. The van der Waals surface area contributed by atoms with E-state index in [1.807, 2.05) is 32.0 Å². The summed E-state index contributed by atoms with van der Waals surface area (Å²) in [6.07, 6.45) is 0.383. The fourth-order valence-electron chi connectivity index (χ4n) is 1.75. The standard InChI is InChI=1S/C15H15ClN2O3/c1-9-3-4-11(7-10(9)2)21-6-5-14-17-12(15(19)20)8-13(16)18-14/h3-4,7-8H,5-6H2,1-2H3,(H,19,20). The molecule has 0 bridgehead atoms. The number of nitrogens with zero attached hydrogens (tertiary/aromatic N) is 2. The Labute approximate surface area is 127 Å². The lowest BCUT2D eigenvalue weighted by atomic mass is 10.1. The fourth-order valence-corrected chi connectivity index (χ4v) is 1.95. The second kappa shape index (κ2) is 6.54. The van der Waals surface area contributed by atoms with Gasteiger partial charge in [0.2, 0.25) is 0 Å². The molecule has 0 aliphatic carbocycles. The van der Waals surface area contributed by atoms with Crippen LogP contribution in [0.2, 0.25) is 5.15 Å². The van der Waals surface area contributed by atoms with E-state index in [2.05, 4.69) is 9.97 Å². The number of carboxylic acids is 1. The van der Waals surface area contributed by atoms with Gasteiger partial charge in [0.25, 0.3) is 0 Å². The summed E-state index contributed by atoms with van der Waals surface area (Å²) in [4.78, 5) is 18.8. The third kappa shape index (κ3) is 4.16. The Kier molecular flexibility index (Phi) is 4.75. The lowest BCUT2D eigenvalue weighted by Gasteiger charge is -2.08. The van der Waals surface area contributed by atoms with Crippen LogP contribution < -0.4 is 4.74 Å². The molecule has 5 nitrogen and oxygen atoms in total. The maximum Gasteiger partial charge on any atom is 0.354 e. The molecular weight excluding hydrogens is 292 g/mol. The number of aryl methyl sites for hydroxylation is 2. The van der Waals surface area contributed by atoms with Crippen molar-refractivity contribution in [2.24, 2.45) is 0 Å². The number of carbonyl (C=O) groups is 1. The van der Waals surface area contributed by atoms with Crippen LogP contribution in [0.5, 0.6) is 5.75 Å². The number of carboxylic acid groups (broad SMARTS) is 1. The second-order valence-corrected chi connectivity index (χ2v) is 5.03. The first-order chi connectivity index (χ1) is 9.95. The summed E-state index contributed by atoms with van der Waals surface area (Å²) in [5.74, 6) is -0.0158. The molecule has 2 rings (SSSR count). The molecule has 21 heavy (non-hydrogen) atoms. The highest BCUT2D eigenvalue weighted by atomic mass is 35.5. The molecule has 0 fully saturated rings. The van der Waals surface area contributed by atoms with Gasteiger partial charge in [-0.1, -0.05) is 17.7 Å². The van der Waals surface area contributed by atoms with Crippen LogP contribution in [0.4, 0.5) is 0 Å². The van der Waals surface area contributed by atoms with E-state index in [9.17, 15) is 4.79 Å². The van der Waals surface area contributed by atoms with Crippen molar-refractivity contribution < 1.29 is 14.6 Å². The molecule has 0 aliphatic rings. The highest BCUT2D eigenvalue weighted by Crippen LogP contribution is 2.16. The average molecular weight is 307 g/mol. The average Bonchev–Trinajstić information content (AvgIpc) is 2.42. The lowest BCUT2D eigenvalue weighted by Crippen LogP contribution is -2.09. The molecule has 0 atom stereocenters. The summed E-state index contributed by atoms with van der Waals surface area (Å²) in [5, 5.41) is 9.03. The second-order valence-electron chi connectivity index (χ2n) is 4.64. The SMILES string of the molecule is Cc1ccc(OCCc2nc(Cl)cc(C(=O)O)n2)cc1C. The number of ether oxygens (including phenoxy) is 1. The van der Waals surface area contributed by atoms with Gasteiger partial charge in [-0.15, -0.1) is 0 Å². The van der Waals surface area contributed by atoms with Gasteiger partial charge in [-0.25, -0.2) is 14.8 Å². The summed E-state index contributed by atoms with van der Waals surface area (Å²) in [5.41, 5.74) is 2.24. The van der Waals surface area contributed by atoms with Crippen molar-refractivity contribution in [1.82, 2.24) is 9.97 Å². The number of aromatic nitrogens is 2. The van der Waals surface area contributed by atoms with Crippen LogP contribution >= 0.6 is 11.6 Å². The number of rotatable bonds is 5. The highest BCUT2D eigenvalue weighted by Gasteiger charge is 2.09. The molecule has 0 aliphatic heterocycles. The van der Waals surface area contributed by atoms with E-state index in [0.717, 1.165) is 11.3 Å². The van der Waals surface area contributed by atoms with E-state index in [0.29, 0.717) is 18.9 Å². The summed E-state index contributed by atoms with van der Waals surface area (Å²) in [6.45, 7) is 4.40. The number of aromatic carboxylic acids is 1. The lowest BCUT2D eigenvalue weighted by molar-refractivity contribution is 0.0689. The van der Waals surface area contributed by atoms with Gasteiger partial charge < -0.3 is 9.84 Å². The van der Waals surface area contributed by atoms with Gasteiger partial charge in [-0.05, 0) is 37.1 Å². The summed E-state index contributed by atoms with van der Waals surface area (Å²) in [6, 6.07) is 7.06. The summed E-state index contributed by atoms with van der Waals surface area (Å²) in [7, 11) is 0. The molecule has 0 radical (unpaired) electrons. The highest BCUT2D eigenvalue weighted by molar-refractivity contribution is 6.29. The Morgan fingerprint density at radius 2 is 2.00 bits per heavy atom. The van der Waals surface area contributed by atoms with E-state index in [1.165, 1.54) is 11.6 Å². The van der Waals surface area contributed by atoms with Gasteiger partial charge in [0.15, 0.2) is 5.69 Å². The minimum absolute atomic E-state index is 0.114. The van der Waals surface area contributed by atoms with E-state index in [4.69, 9.17) is 21.4 Å². The van der Waals surface area contributed by atoms with Crippen LogP contribution in [-0.4, -0.2) is 27.7 Å². The van der Waals surface area contributed by atoms with Crippen LogP contribution in [-0.2, 0) is 6.42 Å². The van der Waals surface area contributed by atoms with Gasteiger partial charge >= 0.3 is 5.97 Å². The third-order valence-electron chi connectivity index (χ3n) is 3.03.